The molecule has 560 valence electrons. The van der Waals surface area contributed by atoms with Crippen molar-refractivity contribution in [2.24, 2.45) is 0 Å². The van der Waals surface area contributed by atoms with Crippen molar-refractivity contribution in [3.05, 3.63) is 0 Å². The number of phosphoric acid groups is 1. The highest BCUT2D eigenvalue weighted by Gasteiger charge is 2.58. The molecule has 18 unspecified atom stereocenters. The number of aliphatic hydroxyl groups is 10. The zero-order valence-electron chi connectivity index (χ0n) is 58.2. The first-order valence-electron chi connectivity index (χ1n) is 37.3. The van der Waals surface area contributed by atoms with Gasteiger partial charge in [0.15, 0.2) is 18.7 Å². The lowest BCUT2D eigenvalue weighted by atomic mass is 9.84. The number of aliphatic hydroxyl groups excluding tert-OH is 10. The predicted octanol–water partition coefficient (Wildman–Crippen LogP) is 9.80. The standard InChI is InChI=1S/C70H131O24P/c1-4-7-10-13-16-19-22-25-26-27-28-31-33-35-38-41-44-54(72)86-48-51(89-56(74)46-43-40-37-34-30-24-21-18-15-12-9-6-3)49-88-95(84,85)94-68-66(92-69-64(82)59(77)57(75)52(47-71)90-69)62(80)61(79)63(81)67(68)93-70-65(83)60(78)58(76)53(91-70)50-87-55(73)45-42-39-36-32-29-23-20-17-14-11-8-5-2/h51-53,57-71,75-83H,4-50H2,1-3H3,(H,84,85). The second-order valence-corrected chi connectivity index (χ2v) is 28.4. The highest BCUT2D eigenvalue weighted by Crippen LogP contribution is 2.49. The Labute approximate surface area is 568 Å². The summed E-state index contributed by atoms with van der Waals surface area (Å²) < 4.78 is 65.0. The number of unbranched alkanes of at least 4 members (excludes halogenated alkanes) is 37. The fraction of sp³-hybridized carbons (Fsp3) is 0.957. The van der Waals surface area contributed by atoms with E-state index in [1.54, 1.807) is 0 Å². The summed E-state index contributed by atoms with van der Waals surface area (Å²) in [5.41, 5.74) is 0. The highest BCUT2D eigenvalue weighted by atomic mass is 31.2. The number of phosphoric ester groups is 1. The average Bonchev–Trinajstić information content (AvgIpc) is 0.764. The highest BCUT2D eigenvalue weighted by molar-refractivity contribution is 7.47. The molecule has 3 rings (SSSR count). The zero-order chi connectivity index (χ0) is 69.6. The van der Waals surface area contributed by atoms with Gasteiger partial charge in [0.2, 0.25) is 0 Å². The number of esters is 3. The van der Waals surface area contributed by atoms with Crippen LogP contribution in [0.15, 0.2) is 0 Å². The SMILES string of the molecule is CCCCCCCCCCCCCCCCCCC(=O)OCC(COP(=O)(O)OC1C(OC2OC(CO)C(O)C(O)C2O)C(O)C(O)C(O)C1OC1OC(COC(=O)CCCCCCCCCCCCCC)C(O)C(O)C1O)OC(=O)CCCCCCCCCCCCCC. The molecule has 0 aromatic rings. The van der Waals surface area contributed by atoms with E-state index in [0.717, 1.165) is 89.9 Å². The molecule has 95 heavy (non-hydrogen) atoms. The fourth-order valence-corrected chi connectivity index (χ4v) is 13.5. The summed E-state index contributed by atoms with van der Waals surface area (Å²) in [4.78, 5) is 50.9. The van der Waals surface area contributed by atoms with Gasteiger partial charge in [-0.1, -0.05) is 258 Å². The molecule has 11 N–H and O–H groups in total. The molecular weight excluding hydrogens is 1260 g/mol. The maximum absolute atomic E-state index is 14.3. The quantitative estimate of drug-likeness (QED) is 0.0117. The molecule has 25 heteroatoms. The van der Waals surface area contributed by atoms with Crippen molar-refractivity contribution in [1.82, 2.24) is 0 Å². The first kappa shape index (κ1) is 87.2. The van der Waals surface area contributed by atoms with Gasteiger partial charge in [-0.2, -0.15) is 0 Å². The summed E-state index contributed by atoms with van der Waals surface area (Å²) in [7, 11) is -5.69. The number of hydrogen-bond acceptors (Lipinski definition) is 23. The molecule has 18 atom stereocenters. The van der Waals surface area contributed by atoms with E-state index in [4.69, 9.17) is 42.2 Å². The Kier molecular flexibility index (Phi) is 48.5. The van der Waals surface area contributed by atoms with Gasteiger partial charge < -0.3 is 89.1 Å². The van der Waals surface area contributed by atoms with Crippen LogP contribution in [0, 0.1) is 0 Å². The molecule has 1 saturated carbocycles. The van der Waals surface area contributed by atoms with Crippen LogP contribution in [0.3, 0.4) is 0 Å². The van der Waals surface area contributed by atoms with Crippen LogP contribution in [0.4, 0.5) is 0 Å². The molecule has 2 aliphatic heterocycles. The van der Waals surface area contributed by atoms with Gasteiger partial charge in [0.05, 0.1) is 13.2 Å². The summed E-state index contributed by atoms with van der Waals surface area (Å²) in [5.74, 6) is -1.97. The predicted molar refractivity (Wildman–Crippen MR) is 356 cm³/mol. The minimum atomic E-state index is -5.69. The van der Waals surface area contributed by atoms with E-state index < -0.39 is 156 Å². The van der Waals surface area contributed by atoms with Crippen LogP contribution in [-0.4, -0.2) is 204 Å². The Morgan fingerprint density at radius 3 is 1.03 bits per heavy atom. The third-order valence-electron chi connectivity index (χ3n) is 18.6. The summed E-state index contributed by atoms with van der Waals surface area (Å²) in [6, 6.07) is 0. The zero-order valence-corrected chi connectivity index (χ0v) is 59.1. The normalized spacial score (nSPS) is 28.1. The molecule has 2 heterocycles. The third kappa shape index (κ3) is 36.4. The van der Waals surface area contributed by atoms with E-state index in [2.05, 4.69) is 20.8 Å². The number of ether oxygens (including phenoxy) is 7. The van der Waals surface area contributed by atoms with Gasteiger partial charge in [-0.05, 0) is 19.3 Å². The van der Waals surface area contributed by atoms with Crippen molar-refractivity contribution < 1.29 is 117 Å². The largest absolute Gasteiger partial charge is 0.472 e. The van der Waals surface area contributed by atoms with Crippen LogP contribution in [0.2, 0.25) is 0 Å². The van der Waals surface area contributed by atoms with Crippen molar-refractivity contribution in [3.63, 3.8) is 0 Å². The van der Waals surface area contributed by atoms with Gasteiger partial charge in [0, 0.05) is 19.3 Å². The first-order valence-corrected chi connectivity index (χ1v) is 38.8. The second kappa shape index (κ2) is 52.9. The molecule has 0 aromatic carbocycles. The van der Waals surface area contributed by atoms with Crippen molar-refractivity contribution in [1.29, 1.82) is 0 Å². The molecule has 24 nitrogen and oxygen atoms in total. The van der Waals surface area contributed by atoms with Gasteiger partial charge in [-0.25, -0.2) is 4.57 Å². The number of carbonyl (C=O) groups excluding carboxylic acids is 3. The van der Waals surface area contributed by atoms with Crippen LogP contribution in [0.25, 0.3) is 0 Å². The monoisotopic (exact) mass is 1390 g/mol. The minimum Gasteiger partial charge on any atom is -0.463 e. The third-order valence-corrected chi connectivity index (χ3v) is 19.6. The summed E-state index contributed by atoms with van der Waals surface area (Å²) >= 11 is 0. The van der Waals surface area contributed by atoms with Gasteiger partial charge >= 0.3 is 25.7 Å². The van der Waals surface area contributed by atoms with Crippen molar-refractivity contribution in [3.8, 4) is 0 Å². The average molecular weight is 1390 g/mol. The smallest absolute Gasteiger partial charge is 0.463 e. The first-order chi connectivity index (χ1) is 45.8. The Bertz CT molecular complexity index is 1980. The van der Waals surface area contributed by atoms with E-state index in [-0.39, 0.29) is 19.3 Å². The topological polar surface area (TPSA) is 374 Å². The molecule has 0 aromatic heterocycles. The number of carbonyl (C=O) groups is 3. The Balaban J connectivity index is 1.73. The minimum absolute atomic E-state index is 0.0331. The van der Waals surface area contributed by atoms with Gasteiger partial charge in [0.25, 0.3) is 0 Å². The van der Waals surface area contributed by atoms with E-state index in [0.29, 0.717) is 19.3 Å². The summed E-state index contributed by atoms with van der Waals surface area (Å²) in [5, 5.41) is 110. The van der Waals surface area contributed by atoms with Crippen LogP contribution in [0.1, 0.15) is 297 Å². The van der Waals surface area contributed by atoms with E-state index >= 15 is 0 Å². The fourth-order valence-electron chi connectivity index (χ4n) is 12.5. The maximum atomic E-state index is 14.3. The molecule has 0 amide bonds. The molecule has 0 spiro atoms. The molecule has 3 fully saturated rings. The molecular formula is C70H131O24P. The number of rotatable bonds is 58. The van der Waals surface area contributed by atoms with Crippen LogP contribution in [-0.2, 0) is 61.2 Å². The molecule has 0 radical (unpaired) electrons. The second-order valence-electron chi connectivity index (χ2n) is 27.0. The van der Waals surface area contributed by atoms with E-state index in [9.17, 15) is 74.9 Å². The number of hydrogen-bond donors (Lipinski definition) is 11. The van der Waals surface area contributed by atoms with Crippen molar-refractivity contribution in [2.45, 2.75) is 401 Å². The van der Waals surface area contributed by atoms with Crippen molar-refractivity contribution in [2.75, 3.05) is 26.4 Å². The molecule has 3 aliphatic rings. The Morgan fingerprint density at radius 2 is 0.674 bits per heavy atom. The van der Waals surface area contributed by atoms with Gasteiger partial charge in [-0.15, -0.1) is 0 Å². The summed E-state index contributed by atoms with van der Waals surface area (Å²) in [6.45, 7) is 3.45. The summed E-state index contributed by atoms with van der Waals surface area (Å²) in [6.07, 6.45) is 8.96. The van der Waals surface area contributed by atoms with E-state index in [1.807, 2.05) is 0 Å². The maximum Gasteiger partial charge on any atom is 0.472 e. The van der Waals surface area contributed by atoms with Gasteiger partial charge in [0.1, 0.15) is 98.7 Å². The van der Waals surface area contributed by atoms with Crippen LogP contribution in [0.5, 0.6) is 0 Å². The Hall–Kier alpha value is -2.04. The van der Waals surface area contributed by atoms with Crippen LogP contribution >= 0.6 is 7.82 Å². The Morgan fingerprint density at radius 1 is 0.368 bits per heavy atom. The molecule has 1 aliphatic carbocycles. The van der Waals surface area contributed by atoms with Crippen LogP contribution < -0.4 is 0 Å². The molecule has 0 bridgehead atoms. The van der Waals surface area contributed by atoms with Crippen molar-refractivity contribution >= 4 is 25.7 Å². The van der Waals surface area contributed by atoms with E-state index in [1.165, 1.54) is 148 Å². The molecule has 2 saturated heterocycles. The van der Waals surface area contributed by atoms with Gasteiger partial charge in [-0.3, -0.25) is 23.4 Å². The lowest BCUT2D eigenvalue weighted by Crippen LogP contribution is -2.69. The lowest BCUT2D eigenvalue weighted by Gasteiger charge is -2.49. The lowest BCUT2D eigenvalue weighted by molar-refractivity contribution is -0.360.